The molecule has 0 aliphatic carbocycles. The Morgan fingerprint density at radius 3 is 2.41 bits per heavy atom. The van der Waals surface area contributed by atoms with Gasteiger partial charge in [-0.3, -0.25) is 9.59 Å². The van der Waals surface area contributed by atoms with Crippen LogP contribution in [0.2, 0.25) is 0 Å². The normalized spacial score (nSPS) is 16.5. The number of likely N-dealkylation sites (N-methyl/N-ethyl adjacent to an activating group) is 1. The highest BCUT2D eigenvalue weighted by atomic mass is 19.4. The first-order valence-electron chi connectivity index (χ1n) is 7.81. The van der Waals surface area contributed by atoms with Crippen LogP contribution >= 0.6 is 0 Å². The first-order chi connectivity index (χ1) is 12.3. The lowest BCUT2D eigenvalue weighted by Crippen LogP contribution is -2.40. The van der Waals surface area contributed by atoms with Crippen molar-refractivity contribution in [2.75, 3.05) is 30.9 Å². The Labute approximate surface area is 153 Å². The van der Waals surface area contributed by atoms with Crippen LogP contribution in [0.3, 0.4) is 0 Å². The van der Waals surface area contributed by atoms with Crippen LogP contribution in [-0.2, 0) is 9.59 Å². The predicted molar refractivity (Wildman–Crippen MR) is 90.4 cm³/mol. The molecule has 1 aliphatic heterocycles. The summed E-state index contributed by atoms with van der Waals surface area (Å²) >= 11 is 0. The lowest BCUT2D eigenvalue weighted by atomic mass is 10.1. The van der Waals surface area contributed by atoms with Crippen LogP contribution in [0.25, 0.3) is 0 Å². The van der Waals surface area contributed by atoms with E-state index in [4.69, 9.17) is 0 Å². The summed E-state index contributed by atoms with van der Waals surface area (Å²) in [4.78, 5) is 38.7. The zero-order valence-corrected chi connectivity index (χ0v) is 15.1. The van der Waals surface area contributed by atoms with Crippen molar-refractivity contribution in [3.63, 3.8) is 0 Å². The van der Waals surface area contributed by atoms with Gasteiger partial charge in [0.05, 0.1) is 17.9 Å². The van der Waals surface area contributed by atoms with Crippen LogP contribution < -0.4 is 20.3 Å². The van der Waals surface area contributed by atoms with Gasteiger partial charge in [0.1, 0.15) is 5.54 Å². The van der Waals surface area contributed by atoms with Crippen molar-refractivity contribution in [3.8, 4) is 5.75 Å². The van der Waals surface area contributed by atoms with Gasteiger partial charge >= 0.3 is 12.4 Å². The van der Waals surface area contributed by atoms with Crippen molar-refractivity contribution >= 4 is 29.2 Å². The molecular formula is C16H19F3N4O4. The number of amides is 4. The summed E-state index contributed by atoms with van der Waals surface area (Å²) in [6.07, 6.45) is -4.98. The number of hydrogen-bond acceptors (Lipinski definition) is 5. The maximum absolute atomic E-state index is 12.6. The minimum absolute atomic E-state index is 0.00208. The number of imide groups is 1. The molecular weight excluding hydrogens is 369 g/mol. The Kier molecular flexibility index (Phi) is 5.36. The first kappa shape index (κ1) is 20.5. The van der Waals surface area contributed by atoms with Crippen molar-refractivity contribution in [3.05, 3.63) is 18.2 Å². The summed E-state index contributed by atoms with van der Waals surface area (Å²) < 4.78 is 41.8. The van der Waals surface area contributed by atoms with Crippen LogP contribution in [0.1, 0.15) is 13.8 Å². The molecule has 2 rings (SSSR count). The fourth-order valence-corrected chi connectivity index (χ4v) is 2.43. The lowest BCUT2D eigenvalue weighted by molar-refractivity contribution is -0.274. The number of ether oxygens (including phenoxy) is 1. The third kappa shape index (κ3) is 4.88. The summed E-state index contributed by atoms with van der Waals surface area (Å²) in [5.41, 5.74) is -1.48. The SMILES string of the molecule is CN(C)CC(=O)Nc1cc(N2C(=O)NC(C)(C)C2=O)ccc1OC(F)(F)F. The average molecular weight is 388 g/mol. The largest absolute Gasteiger partial charge is 0.573 e. The fourth-order valence-electron chi connectivity index (χ4n) is 2.43. The van der Waals surface area contributed by atoms with Gasteiger partial charge in [-0.15, -0.1) is 13.2 Å². The number of nitrogens with one attached hydrogen (secondary N) is 2. The number of alkyl halides is 3. The number of rotatable bonds is 5. The van der Waals surface area contributed by atoms with E-state index in [0.717, 1.165) is 23.1 Å². The standard InChI is InChI=1S/C16H19F3N4O4/c1-15(2)13(25)23(14(26)21-15)9-5-6-11(27-16(17,18)19)10(7-9)20-12(24)8-22(3)4/h5-7H,8H2,1-4H3,(H,20,24)(H,21,26). The molecule has 1 aromatic carbocycles. The van der Waals surface area contributed by atoms with Gasteiger partial charge in [-0.25, -0.2) is 9.69 Å². The molecule has 0 aromatic heterocycles. The molecule has 8 nitrogen and oxygen atoms in total. The Morgan fingerprint density at radius 1 is 1.30 bits per heavy atom. The molecule has 148 valence electrons. The van der Waals surface area contributed by atoms with E-state index in [1.807, 2.05) is 0 Å². The predicted octanol–water partition coefficient (Wildman–Crippen LogP) is 1.92. The van der Waals surface area contributed by atoms with Crippen molar-refractivity contribution in [1.82, 2.24) is 10.2 Å². The highest BCUT2D eigenvalue weighted by Crippen LogP contribution is 2.35. The number of nitrogens with zero attached hydrogens (tertiary/aromatic N) is 2. The summed E-state index contributed by atoms with van der Waals surface area (Å²) in [7, 11) is 3.22. The van der Waals surface area contributed by atoms with Gasteiger partial charge in [0.2, 0.25) is 5.91 Å². The highest BCUT2D eigenvalue weighted by Gasteiger charge is 2.45. The van der Waals surface area contributed by atoms with E-state index in [1.54, 1.807) is 14.1 Å². The third-order valence-electron chi connectivity index (χ3n) is 3.54. The second kappa shape index (κ2) is 7.06. The second-order valence-corrected chi connectivity index (χ2v) is 6.71. The molecule has 1 saturated heterocycles. The van der Waals surface area contributed by atoms with Crippen LogP contribution in [0.15, 0.2) is 18.2 Å². The highest BCUT2D eigenvalue weighted by molar-refractivity contribution is 6.23. The molecule has 11 heteroatoms. The van der Waals surface area contributed by atoms with Crippen LogP contribution in [0, 0.1) is 0 Å². The molecule has 1 heterocycles. The first-order valence-corrected chi connectivity index (χ1v) is 7.81. The van der Waals surface area contributed by atoms with Crippen molar-refractivity contribution in [2.45, 2.75) is 25.7 Å². The number of carbonyl (C=O) groups is 3. The molecule has 0 unspecified atom stereocenters. The zero-order valence-electron chi connectivity index (χ0n) is 15.1. The Hall–Kier alpha value is -2.82. The van der Waals surface area contributed by atoms with E-state index in [1.165, 1.54) is 18.7 Å². The maximum atomic E-state index is 12.6. The number of hydrogen-bond donors (Lipinski definition) is 2. The van der Waals surface area contributed by atoms with E-state index in [-0.39, 0.29) is 17.9 Å². The topological polar surface area (TPSA) is 91.0 Å². The van der Waals surface area contributed by atoms with Crippen molar-refractivity contribution in [2.24, 2.45) is 0 Å². The van der Waals surface area contributed by atoms with Gasteiger partial charge < -0.3 is 20.3 Å². The monoisotopic (exact) mass is 388 g/mol. The van der Waals surface area contributed by atoms with Gasteiger partial charge in [-0.2, -0.15) is 0 Å². The Balaban J connectivity index is 2.41. The molecule has 1 fully saturated rings. The Morgan fingerprint density at radius 2 is 1.93 bits per heavy atom. The van der Waals surface area contributed by atoms with Gasteiger partial charge in [0.15, 0.2) is 5.75 Å². The summed E-state index contributed by atoms with van der Waals surface area (Å²) in [6, 6.07) is 2.41. The number of urea groups is 1. The minimum atomic E-state index is -4.98. The second-order valence-electron chi connectivity index (χ2n) is 6.71. The molecule has 0 bridgehead atoms. The molecule has 2 N–H and O–H groups in total. The molecule has 1 aliphatic rings. The van der Waals surface area contributed by atoms with Crippen molar-refractivity contribution in [1.29, 1.82) is 0 Å². The molecule has 0 spiro atoms. The summed E-state index contributed by atoms with van der Waals surface area (Å²) in [5.74, 6) is -1.84. The van der Waals surface area contributed by atoms with Crippen LogP contribution in [-0.4, -0.2) is 55.3 Å². The van der Waals surface area contributed by atoms with Crippen LogP contribution in [0.4, 0.5) is 29.3 Å². The van der Waals surface area contributed by atoms with Gasteiger partial charge in [0.25, 0.3) is 5.91 Å². The lowest BCUT2D eigenvalue weighted by Gasteiger charge is -2.19. The molecule has 27 heavy (non-hydrogen) atoms. The van der Waals surface area contributed by atoms with Gasteiger partial charge in [-0.05, 0) is 46.1 Å². The minimum Gasteiger partial charge on any atom is -0.404 e. The van der Waals surface area contributed by atoms with Crippen LogP contribution in [0.5, 0.6) is 5.75 Å². The summed E-state index contributed by atoms with van der Waals surface area (Å²) in [6.45, 7) is 2.90. The average Bonchev–Trinajstić information content (AvgIpc) is 2.67. The summed E-state index contributed by atoms with van der Waals surface area (Å²) in [5, 5.41) is 4.77. The number of carbonyl (C=O) groups excluding carboxylic acids is 3. The maximum Gasteiger partial charge on any atom is 0.573 e. The zero-order chi connectivity index (χ0) is 20.6. The number of benzene rings is 1. The number of halogens is 3. The van der Waals surface area contributed by atoms with E-state index in [2.05, 4.69) is 15.4 Å². The van der Waals surface area contributed by atoms with Gasteiger partial charge in [-0.1, -0.05) is 0 Å². The van der Waals surface area contributed by atoms with E-state index >= 15 is 0 Å². The smallest absolute Gasteiger partial charge is 0.404 e. The fraction of sp³-hybridized carbons (Fsp3) is 0.438. The number of anilines is 2. The third-order valence-corrected chi connectivity index (χ3v) is 3.54. The van der Waals surface area contributed by atoms with E-state index < -0.39 is 35.5 Å². The van der Waals surface area contributed by atoms with Gasteiger partial charge in [0, 0.05) is 0 Å². The molecule has 0 atom stereocenters. The molecule has 0 saturated carbocycles. The van der Waals surface area contributed by atoms with E-state index in [9.17, 15) is 27.6 Å². The Bertz CT molecular complexity index is 777. The molecule has 0 radical (unpaired) electrons. The van der Waals surface area contributed by atoms with Crippen molar-refractivity contribution < 1.29 is 32.3 Å². The van der Waals surface area contributed by atoms with E-state index in [0.29, 0.717) is 0 Å². The quantitative estimate of drug-likeness (QED) is 0.752. The molecule has 4 amide bonds. The molecule has 1 aromatic rings.